The predicted molar refractivity (Wildman–Crippen MR) is 171 cm³/mol. The second kappa shape index (κ2) is 30.9. The van der Waals surface area contributed by atoms with Gasteiger partial charge >= 0.3 is 11.9 Å². The van der Waals surface area contributed by atoms with Crippen molar-refractivity contribution in [2.75, 3.05) is 0 Å². The maximum absolute atomic E-state index is 12.5. The van der Waals surface area contributed by atoms with Crippen LogP contribution in [0.3, 0.4) is 0 Å². The van der Waals surface area contributed by atoms with E-state index in [9.17, 15) is 9.59 Å². The van der Waals surface area contributed by atoms with Crippen LogP contribution >= 0.6 is 0 Å². The molecule has 0 rings (SSSR count). The van der Waals surface area contributed by atoms with Crippen molar-refractivity contribution in [1.82, 2.24) is 0 Å². The molecule has 0 aliphatic carbocycles. The lowest BCUT2D eigenvalue weighted by molar-refractivity contribution is -0.147. The second-order valence-corrected chi connectivity index (χ2v) is 10.3. The van der Waals surface area contributed by atoms with Gasteiger partial charge in [0.05, 0.1) is 0 Å². The van der Waals surface area contributed by atoms with Crippen LogP contribution in [0.2, 0.25) is 0 Å². The Kier molecular flexibility index (Phi) is 28.9. The first-order valence-corrected chi connectivity index (χ1v) is 15.9. The summed E-state index contributed by atoms with van der Waals surface area (Å²) < 4.78 is 5.78. The average Bonchev–Trinajstić information content (AvgIpc) is 2.93. The van der Waals surface area contributed by atoms with Gasteiger partial charge in [-0.3, -0.25) is 9.59 Å². The minimum atomic E-state index is -0.756. The standard InChI is InChI=1S/C36H58O4/c1-3-5-7-9-11-13-15-16-18-20-22-24-29-33-36(39)40-34(31-27-25-28-32-35(37)38)30-26-23-21-19-17-14-12-10-8-6-4-2/h6-9,12-15,19,21,26,30,34H,3-5,10-11,16-18,20,22-25,27-29,31-33H2,1-2H3,(H,37,38)/b8-6-,9-7-,14-12-,15-13-,21-19-,30-26-. The minimum Gasteiger partial charge on any atom is -0.481 e. The third kappa shape index (κ3) is 29.9. The van der Waals surface area contributed by atoms with E-state index in [1.54, 1.807) is 0 Å². The number of hydrogen-bond donors (Lipinski definition) is 1. The molecule has 0 bridgehead atoms. The van der Waals surface area contributed by atoms with Crippen molar-refractivity contribution >= 4 is 11.9 Å². The third-order valence-electron chi connectivity index (χ3n) is 6.38. The minimum absolute atomic E-state index is 0.128. The number of aliphatic carboxylic acids is 1. The molecule has 0 saturated heterocycles. The summed E-state index contributed by atoms with van der Waals surface area (Å²) in [5.41, 5.74) is 0. The van der Waals surface area contributed by atoms with Crippen LogP contribution in [0.1, 0.15) is 136 Å². The monoisotopic (exact) mass is 554 g/mol. The van der Waals surface area contributed by atoms with Gasteiger partial charge in [-0.25, -0.2) is 0 Å². The normalized spacial score (nSPS) is 13.2. The van der Waals surface area contributed by atoms with Gasteiger partial charge in [0.1, 0.15) is 6.10 Å². The van der Waals surface area contributed by atoms with Gasteiger partial charge < -0.3 is 9.84 Å². The molecule has 0 fully saturated rings. The van der Waals surface area contributed by atoms with Gasteiger partial charge in [-0.1, -0.05) is 113 Å². The summed E-state index contributed by atoms with van der Waals surface area (Å²) in [6.07, 6.45) is 43.4. The van der Waals surface area contributed by atoms with Gasteiger partial charge in [0.25, 0.3) is 0 Å². The Bertz CT molecular complexity index is 770. The molecule has 4 heteroatoms. The molecule has 0 spiro atoms. The van der Waals surface area contributed by atoms with Crippen LogP contribution in [0.25, 0.3) is 0 Å². The summed E-state index contributed by atoms with van der Waals surface area (Å²) in [6.45, 7) is 4.33. The van der Waals surface area contributed by atoms with Crippen molar-refractivity contribution in [3.63, 3.8) is 0 Å². The summed E-state index contributed by atoms with van der Waals surface area (Å²) in [6, 6.07) is 0. The van der Waals surface area contributed by atoms with E-state index in [1.165, 1.54) is 25.7 Å². The molecule has 4 nitrogen and oxygen atoms in total. The number of carboxylic acids is 1. The highest BCUT2D eigenvalue weighted by Crippen LogP contribution is 2.14. The number of esters is 1. The number of hydrogen-bond acceptors (Lipinski definition) is 3. The molecule has 0 aliphatic heterocycles. The lowest BCUT2D eigenvalue weighted by atomic mass is 10.1. The van der Waals surface area contributed by atoms with E-state index in [1.807, 2.05) is 6.08 Å². The molecule has 40 heavy (non-hydrogen) atoms. The number of allylic oxidation sites excluding steroid dienone is 11. The number of carbonyl (C=O) groups excluding carboxylic acids is 1. The summed E-state index contributed by atoms with van der Waals surface area (Å²) in [5.74, 6) is -0.884. The van der Waals surface area contributed by atoms with Gasteiger partial charge in [-0.05, 0) is 83.1 Å². The number of ether oxygens (including phenoxy) is 1. The Balaban J connectivity index is 4.24. The lowest BCUT2D eigenvalue weighted by Gasteiger charge is -2.14. The Morgan fingerprint density at radius 1 is 0.600 bits per heavy atom. The van der Waals surface area contributed by atoms with Gasteiger partial charge in [-0.2, -0.15) is 0 Å². The van der Waals surface area contributed by atoms with Crippen LogP contribution in [0.15, 0.2) is 72.9 Å². The van der Waals surface area contributed by atoms with Crippen molar-refractivity contribution in [2.24, 2.45) is 0 Å². The molecule has 0 saturated carbocycles. The number of unbranched alkanes of at least 4 members (excludes halogenated alkanes) is 8. The molecule has 0 aromatic heterocycles. The van der Waals surface area contributed by atoms with E-state index in [0.29, 0.717) is 12.8 Å². The van der Waals surface area contributed by atoms with Crippen molar-refractivity contribution in [3.8, 4) is 0 Å². The fourth-order valence-corrected chi connectivity index (χ4v) is 4.07. The zero-order valence-electron chi connectivity index (χ0n) is 25.6. The molecule has 0 aliphatic rings. The maximum Gasteiger partial charge on any atom is 0.306 e. The summed E-state index contributed by atoms with van der Waals surface area (Å²) in [7, 11) is 0. The molecular weight excluding hydrogens is 496 g/mol. The van der Waals surface area contributed by atoms with Crippen molar-refractivity contribution < 1.29 is 19.4 Å². The van der Waals surface area contributed by atoms with E-state index < -0.39 is 5.97 Å². The molecule has 0 aromatic rings. The topological polar surface area (TPSA) is 63.6 Å². The summed E-state index contributed by atoms with van der Waals surface area (Å²) in [5, 5.41) is 8.83. The first-order valence-electron chi connectivity index (χ1n) is 15.9. The highest BCUT2D eigenvalue weighted by Gasteiger charge is 2.11. The van der Waals surface area contributed by atoms with Crippen LogP contribution in [-0.2, 0) is 14.3 Å². The highest BCUT2D eigenvalue weighted by atomic mass is 16.5. The average molecular weight is 555 g/mol. The fraction of sp³-hybridized carbons (Fsp3) is 0.611. The maximum atomic E-state index is 12.5. The number of carboxylic acid groups (broad SMARTS) is 1. The van der Waals surface area contributed by atoms with E-state index in [4.69, 9.17) is 9.84 Å². The summed E-state index contributed by atoms with van der Waals surface area (Å²) >= 11 is 0. The molecule has 1 atom stereocenters. The van der Waals surface area contributed by atoms with E-state index >= 15 is 0 Å². The van der Waals surface area contributed by atoms with Crippen molar-refractivity contribution in [1.29, 1.82) is 0 Å². The van der Waals surface area contributed by atoms with E-state index in [-0.39, 0.29) is 18.5 Å². The van der Waals surface area contributed by atoms with Crippen LogP contribution in [0, 0.1) is 0 Å². The van der Waals surface area contributed by atoms with Gasteiger partial charge in [0, 0.05) is 12.8 Å². The molecule has 0 radical (unpaired) electrons. The smallest absolute Gasteiger partial charge is 0.306 e. The Morgan fingerprint density at radius 3 is 1.77 bits per heavy atom. The third-order valence-corrected chi connectivity index (χ3v) is 6.38. The van der Waals surface area contributed by atoms with Crippen LogP contribution in [0.5, 0.6) is 0 Å². The first-order chi connectivity index (χ1) is 19.6. The molecule has 0 aromatic carbocycles. The zero-order valence-corrected chi connectivity index (χ0v) is 25.6. The van der Waals surface area contributed by atoms with E-state index in [0.717, 1.165) is 77.0 Å². The van der Waals surface area contributed by atoms with E-state index in [2.05, 4.69) is 80.7 Å². The molecule has 0 heterocycles. The van der Waals surface area contributed by atoms with Crippen molar-refractivity contribution in [3.05, 3.63) is 72.9 Å². The van der Waals surface area contributed by atoms with Crippen LogP contribution < -0.4 is 0 Å². The van der Waals surface area contributed by atoms with Gasteiger partial charge in [0.15, 0.2) is 0 Å². The van der Waals surface area contributed by atoms with Crippen LogP contribution in [-0.4, -0.2) is 23.1 Å². The highest BCUT2D eigenvalue weighted by molar-refractivity contribution is 5.69. The number of rotatable bonds is 27. The zero-order chi connectivity index (χ0) is 29.4. The molecule has 1 N–H and O–H groups in total. The van der Waals surface area contributed by atoms with Crippen molar-refractivity contribution in [2.45, 2.75) is 142 Å². The van der Waals surface area contributed by atoms with Gasteiger partial charge in [0.2, 0.25) is 0 Å². The van der Waals surface area contributed by atoms with Crippen LogP contribution in [0.4, 0.5) is 0 Å². The number of carbonyl (C=O) groups is 2. The Hall–Kier alpha value is -2.62. The van der Waals surface area contributed by atoms with Gasteiger partial charge in [-0.15, -0.1) is 0 Å². The summed E-state index contributed by atoms with van der Waals surface area (Å²) in [4.78, 5) is 23.2. The molecule has 0 amide bonds. The lowest BCUT2D eigenvalue weighted by Crippen LogP contribution is -2.16. The molecule has 226 valence electrons. The SMILES string of the molecule is CC/C=C\C/C=C\C/C=C\C/C=C\C(CCCCCC(=O)O)OC(=O)CCCCCCC/C=C\C/C=C\CCC. The molecular formula is C36H58O4. The largest absolute Gasteiger partial charge is 0.481 e. The molecule has 1 unspecified atom stereocenters. The first kappa shape index (κ1) is 37.4. The quantitative estimate of drug-likeness (QED) is 0.0623. The fourth-order valence-electron chi connectivity index (χ4n) is 4.07. The second-order valence-electron chi connectivity index (χ2n) is 10.3. The Morgan fingerprint density at radius 2 is 1.12 bits per heavy atom. The Labute approximate surface area is 246 Å². The predicted octanol–water partition coefficient (Wildman–Crippen LogP) is 10.8.